The van der Waals surface area contributed by atoms with Crippen LogP contribution in [0.5, 0.6) is 0 Å². The van der Waals surface area contributed by atoms with Gasteiger partial charge in [-0.1, -0.05) is 0 Å². The van der Waals surface area contributed by atoms with E-state index in [0.717, 1.165) is 0 Å². The van der Waals surface area contributed by atoms with Crippen molar-refractivity contribution < 1.29 is 13.9 Å². The number of halogens is 3. The van der Waals surface area contributed by atoms with Crippen LogP contribution in [0.25, 0.3) is 5.69 Å². The maximum Gasteiger partial charge on any atom is 0.244 e. The van der Waals surface area contributed by atoms with Crippen molar-refractivity contribution in [1.29, 1.82) is 0 Å². The number of aromatic nitrogens is 2. The highest BCUT2D eigenvalue weighted by molar-refractivity contribution is 5.98. The largest absolute Gasteiger partial charge is 0.381 e. The molecule has 2 heterocycles. The van der Waals surface area contributed by atoms with Crippen LogP contribution >= 0.6 is 24.8 Å². The fourth-order valence-corrected chi connectivity index (χ4v) is 2.41. The molecule has 1 aromatic heterocycles. The third-order valence-corrected chi connectivity index (χ3v) is 3.83. The van der Waals surface area contributed by atoms with Crippen molar-refractivity contribution in [3.63, 3.8) is 0 Å². The molecule has 6 nitrogen and oxygen atoms in total. The van der Waals surface area contributed by atoms with Gasteiger partial charge in [-0.25, -0.2) is 9.37 Å². The van der Waals surface area contributed by atoms with Gasteiger partial charge in [-0.15, -0.1) is 24.8 Å². The summed E-state index contributed by atoms with van der Waals surface area (Å²) in [6.07, 6.45) is 5.63. The zero-order valence-corrected chi connectivity index (χ0v) is 14.4. The highest BCUT2D eigenvalue weighted by Crippen LogP contribution is 2.22. The van der Waals surface area contributed by atoms with Crippen LogP contribution in [0, 0.1) is 5.82 Å². The summed E-state index contributed by atoms with van der Waals surface area (Å²) >= 11 is 0. The van der Waals surface area contributed by atoms with Crippen molar-refractivity contribution in [2.45, 2.75) is 18.4 Å². The summed E-state index contributed by atoms with van der Waals surface area (Å²) in [6.45, 7) is 0.912. The molecule has 0 bridgehead atoms. The second-order valence-electron chi connectivity index (χ2n) is 5.36. The Morgan fingerprint density at radius 1 is 1.33 bits per heavy atom. The summed E-state index contributed by atoms with van der Waals surface area (Å²) in [5, 5.41) is 2.68. The Balaban J connectivity index is 0.00000144. The van der Waals surface area contributed by atoms with Crippen molar-refractivity contribution in [2.24, 2.45) is 5.73 Å². The van der Waals surface area contributed by atoms with Crippen molar-refractivity contribution >= 4 is 36.4 Å². The zero-order valence-electron chi connectivity index (χ0n) is 12.8. The second kappa shape index (κ2) is 8.43. The van der Waals surface area contributed by atoms with Gasteiger partial charge in [0.15, 0.2) is 0 Å². The fraction of sp³-hybridized carbons (Fsp3) is 0.333. The monoisotopic (exact) mass is 376 g/mol. The first-order valence-electron chi connectivity index (χ1n) is 7.04. The minimum Gasteiger partial charge on any atom is -0.381 e. The van der Waals surface area contributed by atoms with Gasteiger partial charge in [-0.05, 0) is 31.0 Å². The van der Waals surface area contributed by atoms with Crippen molar-refractivity contribution in [3.05, 3.63) is 42.7 Å². The van der Waals surface area contributed by atoms with Crippen LogP contribution < -0.4 is 11.1 Å². The first kappa shape index (κ1) is 20.4. The molecule has 0 atom stereocenters. The third kappa shape index (κ3) is 4.24. The predicted octanol–water partition coefficient (Wildman–Crippen LogP) is 2.30. The molecule has 9 heteroatoms. The number of anilines is 1. The van der Waals surface area contributed by atoms with Gasteiger partial charge in [-0.3, -0.25) is 4.79 Å². The van der Waals surface area contributed by atoms with E-state index in [1.165, 1.54) is 12.4 Å². The Morgan fingerprint density at radius 2 is 2.04 bits per heavy atom. The number of carbonyl (C=O) groups is 1. The lowest BCUT2D eigenvalue weighted by molar-refractivity contribution is -0.124. The maximum atomic E-state index is 14.2. The standard InChI is InChI=1S/C15H17FN4O2.2ClH/c16-12-9-11(1-2-13(12)20-6-5-18-10-20)19-14(21)15(17)3-7-22-8-4-15;;/h1-2,5-6,9-10H,3-4,7-8,17H2,(H,19,21);2*1H. The lowest BCUT2D eigenvalue weighted by Crippen LogP contribution is -2.54. The van der Waals surface area contributed by atoms with E-state index in [2.05, 4.69) is 10.3 Å². The molecule has 1 aromatic carbocycles. The summed E-state index contributed by atoms with van der Waals surface area (Å²) in [5.41, 5.74) is 5.88. The highest BCUT2D eigenvalue weighted by atomic mass is 35.5. The predicted molar refractivity (Wildman–Crippen MR) is 93.6 cm³/mol. The van der Waals surface area contributed by atoms with Crippen molar-refractivity contribution in [3.8, 4) is 5.69 Å². The van der Waals surface area contributed by atoms with Gasteiger partial charge in [-0.2, -0.15) is 0 Å². The average molecular weight is 377 g/mol. The number of benzene rings is 1. The van der Waals surface area contributed by atoms with E-state index >= 15 is 0 Å². The number of imidazole rings is 1. The van der Waals surface area contributed by atoms with Crippen LogP contribution in [0.2, 0.25) is 0 Å². The number of nitrogens with two attached hydrogens (primary N) is 1. The Bertz CT molecular complexity index is 676. The molecule has 2 aromatic rings. The van der Waals surface area contributed by atoms with Crippen molar-refractivity contribution in [2.75, 3.05) is 18.5 Å². The summed E-state index contributed by atoms with van der Waals surface area (Å²) in [4.78, 5) is 16.2. The molecular formula is C15H19Cl2FN4O2. The van der Waals surface area contributed by atoms with Gasteiger partial charge < -0.3 is 20.4 Å². The van der Waals surface area contributed by atoms with E-state index in [-0.39, 0.29) is 30.7 Å². The minimum absolute atomic E-state index is 0. The molecule has 1 fully saturated rings. The summed E-state index contributed by atoms with van der Waals surface area (Å²) in [6, 6.07) is 4.49. The normalized spacial score (nSPS) is 15.8. The topological polar surface area (TPSA) is 82.2 Å². The van der Waals surface area contributed by atoms with E-state index in [0.29, 0.717) is 37.4 Å². The number of nitrogens with zero attached hydrogens (tertiary/aromatic N) is 2. The van der Waals surface area contributed by atoms with Crippen LogP contribution in [-0.4, -0.2) is 34.2 Å². The highest BCUT2D eigenvalue weighted by Gasteiger charge is 2.35. The lowest BCUT2D eigenvalue weighted by Gasteiger charge is -2.31. The van der Waals surface area contributed by atoms with Gasteiger partial charge in [0.05, 0.1) is 12.0 Å². The molecule has 0 aliphatic carbocycles. The first-order chi connectivity index (χ1) is 10.6. The summed E-state index contributed by atoms with van der Waals surface area (Å²) < 4.78 is 20.9. The van der Waals surface area contributed by atoms with Gasteiger partial charge in [0.25, 0.3) is 0 Å². The summed E-state index contributed by atoms with van der Waals surface area (Å²) in [7, 11) is 0. The SMILES string of the molecule is Cl.Cl.NC1(C(=O)Nc2ccc(-n3ccnc3)c(F)c2)CCOCC1. The smallest absolute Gasteiger partial charge is 0.244 e. The van der Waals surface area contributed by atoms with Crippen LogP contribution in [0.3, 0.4) is 0 Å². The molecule has 1 aliphatic heterocycles. The molecule has 0 radical (unpaired) electrons. The molecule has 0 saturated carbocycles. The Labute approximate surface area is 151 Å². The maximum absolute atomic E-state index is 14.2. The molecule has 0 unspecified atom stereocenters. The summed E-state index contributed by atoms with van der Waals surface area (Å²) in [5.74, 6) is -0.764. The van der Waals surface area contributed by atoms with Crippen molar-refractivity contribution in [1.82, 2.24) is 9.55 Å². The lowest BCUT2D eigenvalue weighted by atomic mass is 9.90. The molecule has 132 valence electrons. The van der Waals surface area contributed by atoms with Gasteiger partial charge in [0, 0.05) is 31.3 Å². The van der Waals surface area contributed by atoms with E-state index in [4.69, 9.17) is 10.5 Å². The molecule has 3 rings (SSSR count). The molecule has 1 aliphatic rings. The number of ether oxygens (including phenoxy) is 1. The van der Waals surface area contributed by atoms with Gasteiger partial charge >= 0.3 is 0 Å². The van der Waals surface area contributed by atoms with Crippen LogP contribution in [0.1, 0.15) is 12.8 Å². The molecule has 24 heavy (non-hydrogen) atoms. The number of rotatable bonds is 3. The zero-order chi connectivity index (χ0) is 15.6. The number of amides is 1. The second-order valence-corrected chi connectivity index (χ2v) is 5.36. The molecule has 1 amide bonds. The van der Waals surface area contributed by atoms with E-state index in [1.807, 2.05) is 0 Å². The average Bonchev–Trinajstić information content (AvgIpc) is 3.02. The number of hydrogen-bond donors (Lipinski definition) is 2. The fourth-order valence-electron chi connectivity index (χ4n) is 2.41. The number of hydrogen-bond acceptors (Lipinski definition) is 4. The van der Waals surface area contributed by atoms with Crippen LogP contribution in [-0.2, 0) is 9.53 Å². The Morgan fingerprint density at radius 3 is 2.62 bits per heavy atom. The first-order valence-corrected chi connectivity index (χ1v) is 7.04. The van der Waals surface area contributed by atoms with E-state index in [1.54, 1.807) is 29.1 Å². The number of carbonyl (C=O) groups excluding carboxylic acids is 1. The Kier molecular flexibility index (Phi) is 7.16. The third-order valence-electron chi connectivity index (χ3n) is 3.83. The molecule has 3 N–H and O–H groups in total. The number of nitrogens with one attached hydrogen (secondary N) is 1. The van der Waals surface area contributed by atoms with Crippen LogP contribution in [0.4, 0.5) is 10.1 Å². The Hall–Kier alpha value is -1.67. The van der Waals surface area contributed by atoms with Gasteiger partial charge in [0.2, 0.25) is 5.91 Å². The van der Waals surface area contributed by atoms with E-state index in [9.17, 15) is 9.18 Å². The molecule has 0 spiro atoms. The van der Waals surface area contributed by atoms with Gasteiger partial charge in [0.1, 0.15) is 11.4 Å². The molecular weight excluding hydrogens is 358 g/mol. The minimum atomic E-state index is -0.961. The molecule has 1 saturated heterocycles. The van der Waals surface area contributed by atoms with E-state index < -0.39 is 11.4 Å². The quantitative estimate of drug-likeness (QED) is 0.860. The van der Waals surface area contributed by atoms with Crippen LogP contribution in [0.15, 0.2) is 36.9 Å².